The fourth-order valence-electron chi connectivity index (χ4n) is 2.13. The molecule has 0 radical (unpaired) electrons. The van der Waals surface area contributed by atoms with Gasteiger partial charge < -0.3 is 9.88 Å². The van der Waals surface area contributed by atoms with E-state index < -0.39 is 41.0 Å². The predicted molar refractivity (Wildman–Crippen MR) is 85.5 cm³/mol. The molecule has 1 aromatic carbocycles. The zero-order valence-electron chi connectivity index (χ0n) is 13.5. The standard InChI is InChI=1S/C16H11ClF6N2O2/c1-8(25-7-10(16(21,22)23)3-5-13(25)26)14(27)24-12-6-9(15(18,19)20)2-4-11(12)17/h2-8H,1H3,(H,24,27). The molecular weight excluding hydrogens is 402 g/mol. The fraction of sp³-hybridized carbons (Fsp3) is 0.250. The fourth-order valence-corrected chi connectivity index (χ4v) is 2.30. The largest absolute Gasteiger partial charge is 0.417 e. The topological polar surface area (TPSA) is 51.1 Å². The van der Waals surface area contributed by atoms with Crippen molar-refractivity contribution in [2.45, 2.75) is 25.3 Å². The van der Waals surface area contributed by atoms with Crippen molar-refractivity contribution in [3.8, 4) is 0 Å². The number of nitrogens with one attached hydrogen (secondary N) is 1. The summed E-state index contributed by atoms with van der Waals surface area (Å²) in [4.78, 5) is 24.0. The van der Waals surface area contributed by atoms with Gasteiger partial charge in [0, 0.05) is 12.3 Å². The van der Waals surface area contributed by atoms with E-state index in [1.807, 2.05) is 0 Å². The maximum absolute atomic E-state index is 12.8. The Morgan fingerprint density at radius 2 is 1.59 bits per heavy atom. The summed E-state index contributed by atoms with van der Waals surface area (Å²) < 4.78 is 77.2. The number of hydrogen-bond acceptors (Lipinski definition) is 2. The molecule has 0 spiro atoms. The number of halogens is 7. The van der Waals surface area contributed by atoms with E-state index in [-0.39, 0.29) is 10.7 Å². The summed E-state index contributed by atoms with van der Waals surface area (Å²) in [6, 6.07) is 1.98. The summed E-state index contributed by atoms with van der Waals surface area (Å²) in [5.74, 6) is -1.02. The minimum absolute atomic E-state index is 0.208. The maximum atomic E-state index is 12.8. The molecule has 4 nitrogen and oxygen atoms in total. The molecule has 146 valence electrons. The first-order valence-corrected chi connectivity index (χ1v) is 7.65. The molecule has 1 unspecified atom stereocenters. The molecule has 1 N–H and O–H groups in total. The van der Waals surface area contributed by atoms with Crippen LogP contribution < -0.4 is 10.9 Å². The molecule has 0 saturated carbocycles. The number of pyridine rings is 1. The highest BCUT2D eigenvalue weighted by molar-refractivity contribution is 6.33. The molecule has 1 atom stereocenters. The van der Waals surface area contributed by atoms with Crippen molar-refractivity contribution >= 4 is 23.2 Å². The normalized spacial score (nSPS) is 13.3. The van der Waals surface area contributed by atoms with E-state index in [0.717, 1.165) is 13.0 Å². The van der Waals surface area contributed by atoms with Crippen LogP contribution in [0, 0.1) is 0 Å². The summed E-state index contributed by atoms with van der Waals surface area (Å²) in [5, 5.41) is 1.89. The van der Waals surface area contributed by atoms with Crippen molar-refractivity contribution < 1.29 is 31.1 Å². The Bertz CT molecular complexity index is 920. The highest BCUT2D eigenvalue weighted by Crippen LogP contribution is 2.34. The van der Waals surface area contributed by atoms with Gasteiger partial charge in [0.15, 0.2) is 0 Å². The van der Waals surface area contributed by atoms with Gasteiger partial charge in [0.2, 0.25) is 5.91 Å². The number of alkyl halides is 6. The van der Waals surface area contributed by atoms with Crippen LogP contribution in [0.15, 0.2) is 41.3 Å². The third kappa shape index (κ3) is 4.82. The Morgan fingerprint density at radius 1 is 1.04 bits per heavy atom. The van der Waals surface area contributed by atoms with Crippen LogP contribution in [-0.4, -0.2) is 10.5 Å². The number of carbonyl (C=O) groups is 1. The van der Waals surface area contributed by atoms with Crippen LogP contribution in [0.4, 0.5) is 32.0 Å². The number of anilines is 1. The highest BCUT2D eigenvalue weighted by Gasteiger charge is 2.33. The van der Waals surface area contributed by atoms with Gasteiger partial charge in [-0.05, 0) is 31.2 Å². The predicted octanol–water partition coefficient (Wildman–Crippen LogP) is 4.74. The van der Waals surface area contributed by atoms with E-state index in [2.05, 4.69) is 5.32 Å². The average Bonchev–Trinajstić information content (AvgIpc) is 2.54. The van der Waals surface area contributed by atoms with E-state index in [1.165, 1.54) is 0 Å². The van der Waals surface area contributed by atoms with Crippen molar-refractivity contribution in [2.24, 2.45) is 0 Å². The smallest absolute Gasteiger partial charge is 0.323 e. The van der Waals surface area contributed by atoms with E-state index >= 15 is 0 Å². The van der Waals surface area contributed by atoms with Gasteiger partial charge in [0.1, 0.15) is 6.04 Å². The summed E-state index contributed by atoms with van der Waals surface area (Å²) in [6.07, 6.45) is -8.97. The van der Waals surface area contributed by atoms with Gasteiger partial charge in [0.05, 0.1) is 21.8 Å². The molecule has 0 aliphatic rings. The molecule has 1 aromatic heterocycles. The molecule has 0 saturated heterocycles. The SMILES string of the molecule is CC(C(=O)Nc1cc(C(F)(F)F)ccc1Cl)n1cc(C(F)(F)F)ccc1=O. The van der Waals surface area contributed by atoms with E-state index in [9.17, 15) is 35.9 Å². The lowest BCUT2D eigenvalue weighted by Crippen LogP contribution is -2.32. The van der Waals surface area contributed by atoms with Gasteiger partial charge in [-0.15, -0.1) is 0 Å². The summed E-state index contributed by atoms with van der Waals surface area (Å²) in [5.41, 5.74) is -3.51. The third-order valence-corrected chi connectivity index (χ3v) is 3.94. The van der Waals surface area contributed by atoms with Crippen molar-refractivity contribution in [3.05, 3.63) is 63.0 Å². The monoisotopic (exact) mass is 412 g/mol. The Labute approximate surface area is 153 Å². The van der Waals surface area contributed by atoms with Crippen molar-refractivity contribution in [2.75, 3.05) is 5.32 Å². The van der Waals surface area contributed by atoms with Crippen LogP contribution in [0.25, 0.3) is 0 Å². The Morgan fingerprint density at radius 3 is 2.15 bits per heavy atom. The molecule has 2 aromatic rings. The molecule has 0 fully saturated rings. The van der Waals surface area contributed by atoms with Crippen molar-refractivity contribution in [1.29, 1.82) is 0 Å². The molecule has 2 rings (SSSR count). The zero-order valence-corrected chi connectivity index (χ0v) is 14.2. The number of hydrogen-bond donors (Lipinski definition) is 1. The van der Waals surface area contributed by atoms with E-state index in [1.54, 1.807) is 0 Å². The number of amides is 1. The van der Waals surface area contributed by atoms with Gasteiger partial charge in [-0.2, -0.15) is 26.3 Å². The molecule has 1 heterocycles. The maximum Gasteiger partial charge on any atom is 0.417 e. The van der Waals surface area contributed by atoms with Gasteiger partial charge in [-0.1, -0.05) is 11.6 Å². The third-order valence-electron chi connectivity index (χ3n) is 3.61. The van der Waals surface area contributed by atoms with Crippen LogP contribution >= 0.6 is 11.6 Å². The van der Waals surface area contributed by atoms with Crippen LogP contribution in [0.5, 0.6) is 0 Å². The molecule has 0 bridgehead atoms. The van der Waals surface area contributed by atoms with Gasteiger partial charge in [-0.3, -0.25) is 9.59 Å². The van der Waals surface area contributed by atoms with Gasteiger partial charge in [-0.25, -0.2) is 0 Å². The first kappa shape index (κ1) is 20.8. The number of benzene rings is 1. The van der Waals surface area contributed by atoms with E-state index in [0.29, 0.717) is 35.0 Å². The van der Waals surface area contributed by atoms with Crippen LogP contribution in [-0.2, 0) is 17.1 Å². The first-order valence-electron chi connectivity index (χ1n) is 7.27. The van der Waals surface area contributed by atoms with Crippen molar-refractivity contribution in [3.63, 3.8) is 0 Å². The number of nitrogens with zero attached hydrogens (tertiary/aromatic N) is 1. The second kappa shape index (κ2) is 7.26. The molecular formula is C16H11ClF6N2O2. The van der Waals surface area contributed by atoms with Crippen LogP contribution in [0.2, 0.25) is 5.02 Å². The second-order valence-corrected chi connectivity index (χ2v) is 5.93. The Balaban J connectivity index is 2.33. The second-order valence-electron chi connectivity index (χ2n) is 5.52. The lowest BCUT2D eigenvalue weighted by atomic mass is 10.2. The minimum Gasteiger partial charge on any atom is -0.323 e. The lowest BCUT2D eigenvalue weighted by molar-refractivity contribution is -0.138. The quantitative estimate of drug-likeness (QED) is 0.740. The van der Waals surface area contributed by atoms with Crippen LogP contribution in [0.3, 0.4) is 0 Å². The summed E-state index contributed by atoms with van der Waals surface area (Å²) in [6.45, 7) is 1.12. The molecule has 1 amide bonds. The van der Waals surface area contributed by atoms with E-state index in [4.69, 9.17) is 11.6 Å². The number of carbonyl (C=O) groups excluding carboxylic acids is 1. The number of rotatable bonds is 3. The Kier molecular flexibility index (Phi) is 5.60. The molecule has 11 heteroatoms. The number of aromatic nitrogens is 1. The molecule has 27 heavy (non-hydrogen) atoms. The minimum atomic E-state index is -4.74. The van der Waals surface area contributed by atoms with Crippen LogP contribution in [0.1, 0.15) is 24.1 Å². The van der Waals surface area contributed by atoms with Gasteiger partial charge in [0.25, 0.3) is 5.56 Å². The van der Waals surface area contributed by atoms with Crippen molar-refractivity contribution in [1.82, 2.24) is 4.57 Å². The lowest BCUT2D eigenvalue weighted by Gasteiger charge is -2.18. The summed E-state index contributed by atoms with van der Waals surface area (Å²) >= 11 is 5.76. The molecule has 0 aliphatic carbocycles. The Hall–Kier alpha value is -2.49. The highest BCUT2D eigenvalue weighted by atomic mass is 35.5. The average molecular weight is 413 g/mol. The van der Waals surface area contributed by atoms with Gasteiger partial charge >= 0.3 is 12.4 Å². The summed E-state index contributed by atoms with van der Waals surface area (Å²) in [7, 11) is 0. The zero-order chi connectivity index (χ0) is 20.6. The molecule has 0 aliphatic heterocycles. The first-order chi connectivity index (χ1) is 12.3.